The first kappa shape index (κ1) is 12.9. The molecule has 16 heavy (non-hydrogen) atoms. The lowest BCUT2D eigenvalue weighted by atomic mass is 10.3. The average molecular weight is 257 g/mol. The van der Waals surface area contributed by atoms with E-state index in [0.717, 1.165) is 9.90 Å². The van der Waals surface area contributed by atoms with E-state index < -0.39 is 0 Å². The molecule has 1 heterocycles. The van der Waals surface area contributed by atoms with Crippen LogP contribution in [0.4, 0.5) is 10.7 Å². The van der Waals surface area contributed by atoms with Crippen molar-refractivity contribution in [1.82, 2.24) is 5.32 Å². The highest BCUT2D eigenvalue weighted by atomic mass is 32.2. The van der Waals surface area contributed by atoms with E-state index >= 15 is 0 Å². The number of nitrogens with two attached hydrogens (primary N) is 1. The van der Waals surface area contributed by atoms with E-state index in [9.17, 15) is 4.79 Å². The molecule has 6 heteroatoms. The average Bonchev–Trinajstić information content (AvgIpc) is 2.62. The maximum atomic E-state index is 11.8. The number of thioether (sulfide) groups is 1. The lowest BCUT2D eigenvalue weighted by Crippen LogP contribution is -2.23. The van der Waals surface area contributed by atoms with Gasteiger partial charge in [0.05, 0.1) is 10.6 Å². The molecule has 0 aromatic carbocycles. The molecular weight excluding hydrogens is 242 g/mol. The second-order valence-electron chi connectivity index (χ2n) is 2.96. The molecular formula is C10H15N3OS2. The number of nitrogens with one attached hydrogen (secondary N) is 2. The Morgan fingerprint density at radius 2 is 2.38 bits per heavy atom. The molecule has 0 aliphatic rings. The van der Waals surface area contributed by atoms with Crippen molar-refractivity contribution >= 4 is 39.7 Å². The normalized spacial score (nSPS) is 9.88. The first-order chi connectivity index (χ1) is 7.65. The summed E-state index contributed by atoms with van der Waals surface area (Å²) in [5.74, 6) is -0.154. The third kappa shape index (κ3) is 2.51. The summed E-state index contributed by atoms with van der Waals surface area (Å²) in [5.41, 5.74) is 6.47. The zero-order valence-electron chi connectivity index (χ0n) is 9.29. The second-order valence-corrected chi connectivity index (χ2v) is 4.79. The Labute approximate surface area is 103 Å². The van der Waals surface area contributed by atoms with E-state index in [1.54, 1.807) is 6.08 Å². The van der Waals surface area contributed by atoms with Crippen molar-refractivity contribution in [3.63, 3.8) is 0 Å². The van der Waals surface area contributed by atoms with Crippen LogP contribution in [0.2, 0.25) is 0 Å². The van der Waals surface area contributed by atoms with Gasteiger partial charge in [-0.1, -0.05) is 6.08 Å². The van der Waals surface area contributed by atoms with Crippen LogP contribution in [0.25, 0.3) is 0 Å². The number of rotatable bonds is 5. The van der Waals surface area contributed by atoms with Gasteiger partial charge in [-0.15, -0.1) is 29.7 Å². The van der Waals surface area contributed by atoms with E-state index in [1.807, 2.05) is 13.3 Å². The smallest absolute Gasteiger partial charge is 0.263 e. The fraction of sp³-hybridized carbons (Fsp3) is 0.300. The Kier molecular flexibility index (Phi) is 4.70. The van der Waals surface area contributed by atoms with Crippen LogP contribution in [0.1, 0.15) is 9.67 Å². The number of hydrogen-bond acceptors (Lipinski definition) is 5. The van der Waals surface area contributed by atoms with Crippen molar-refractivity contribution in [1.29, 1.82) is 0 Å². The van der Waals surface area contributed by atoms with Crippen molar-refractivity contribution in [2.24, 2.45) is 0 Å². The van der Waals surface area contributed by atoms with Crippen LogP contribution in [-0.4, -0.2) is 25.8 Å². The monoisotopic (exact) mass is 257 g/mol. The summed E-state index contributed by atoms with van der Waals surface area (Å²) in [5, 5.41) is 6.68. The summed E-state index contributed by atoms with van der Waals surface area (Å²) in [6.07, 6.45) is 3.57. The Morgan fingerprint density at radius 3 is 2.81 bits per heavy atom. The minimum absolute atomic E-state index is 0.154. The summed E-state index contributed by atoms with van der Waals surface area (Å²) in [6, 6.07) is 0. The van der Waals surface area contributed by atoms with Crippen molar-refractivity contribution in [3.05, 3.63) is 17.5 Å². The SMILES string of the molecule is C=CCNC(=O)c1sc(NC)c(SC)c1N. The van der Waals surface area contributed by atoms with Crippen LogP contribution in [0, 0.1) is 0 Å². The molecule has 88 valence electrons. The fourth-order valence-electron chi connectivity index (χ4n) is 1.21. The molecule has 1 rings (SSSR count). The van der Waals surface area contributed by atoms with E-state index in [1.165, 1.54) is 23.1 Å². The van der Waals surface area contributed by atoms with Gasteiger partial charge in [0.2, 0.25) is 0 Å². The van der Waals surface area contributed by atoms with Gasteiger partial charge in [-0.25, -0.2) is 0 Å². The van der Waals surface area contributed by atoms with Crippen LogP contribution in [0.5, 0.6) is 0 Å². The number of anilines is 2. The standard InChI is InChI=1S/C10H15N3OS2/c1-4-5-13-9(14)7-6(11)8(15-3)10(12-2)16-7/h4,12H,1,5,11H2,2-3H3,(H,13,14). The molecule has 0 spiro atoms. The predicted octanol–water partition coefficient (Wildman–Crippen LogP) is 2.01. The van der Waals surface area contributed by atoms with Crippen LogP contribution in [0.3, 0.4) is 0 Å². The Bertz CT molecular complexity index is 401. The van der Waals surface area contributed by atoms with Crippen LogP contribution in [-0.2, 0) is 0 Å². The van der Waals surface area contributed by atoms with Gasteiger partial charge in [-0.05, 0) is 6.26 Å². The summed E-state index contributed by atoms with van der Waals surface area (Å²) >= 11 is 2.90. The molecule has 4 N–H and O–H groups in total. The first-order valence-electron chi connectivity index (χ1n) is 4.68. The molecule has 4 nitrogen and oxygen atoms in total. The van der Waals surface area contributed by atoms with Gasteiger partial charge < -0.3 is 16.4 Å². The summed E-state index contributed by atoms with van der Waals surface area (Å²) < 4.78 is 0. The lowest BCUT2D eigenvalue weighted by molar-refractivity contribution is 0.0963. The number of hydrogen-bond donors (Lipinski definition) is 3. The summed E-state index contributed by atoms with van der Waals surface area (Å²) in [7, 11) is 1.82. The molecule has 1 aromatic rings. The minimum Gasteiger partial charge on any atom is -0.396 e. The second kappa shape index (κ2) is 5.81. The molecule has 0 atom stereocenters. The van der Waals surface area contributed by atoms with Gasteiger partial charge in [0.1, 0.15) is 9.88 Å². The fourth-order valence-corrected chi connectivity index (χ4v) is 3.14. The van der Waals surface area contributed by atoms with Crippen LogP contribution >= 0.6 is 23.1 Å². The van der Waals surface area contributed by atoms with Crippen molar-refractivity contribution in [2.45, 2.75) is 4.90 Å². The van der Waals surface area contributed by atoms with Crippen LogP contribution < -0.4 is 16.4 Å². The zero-order valence-corrected chi connectivity index (χ0v) is 10.9. The summed E-state index contributed by atoms with van der Waals surface area (Å²) in [6.45, 7) is 3.99. The molecule has 0 radical (unpaired) electrons. The van der Waals surface area contributed by atoms with Crippen molar-refractivity contribution in [3.8, 4) is 0 Å². The number of amides is 1. The maximum Gasteiger partial charge on any atom is 0.263 e. The van der Waals surface area contributed by atoms with Gasteiger partial charge in [0.25, 0.3) is 5.91 Å². The molecule has 0 aliphatic carbocycles. The maximum absolute atomic E-state index is 11.8. The quantitative estimate of drug-likeness (QED) is 0.557. The molecule has 0 unspecified atom stereocenters. The Balaban J connectivity index is 3.00. The van der Waals surface area contributed by atoms with E-state index in [2.05, 4.69) is 17.2 Å². The number of thiophene rings is 1. The molecule has 1 amide bonds. The minimum atomic E-state index is -0.154. The van der Waals surface area contributed by atoms with Gasteiger partial charge in [-0.2, -0.15) is 0 Å². The van der Waals surface area contributed by atoms with E-state index in [0.29, 0.717) is 17.1 Å². The molecule has 0 saturated heterocycles. The topological polar surface area (TPSA) is 67.2 Å². The van der Waals surface area contributed by atoms with E-state index in [-0.39, 0.29) is 5.91 Å². The van der Waals surface area contributed by atoms with Gasteiger partial charge >= 0.3 is 0 Å². The lowest BCUT2D eigenvalue weighted by Gasteiger charge is -2.01. The number of carbonyl (C=O) groups is 1. The van der Waals surface area contributed by atoms with Crippen molar-refractivity contribution in [2.75, 3.05) is 30.9 Å². The van der Waals surface area contributed by atoms with Gasteiger partial charge in [0.15, 0.2) is 0 Å². The molecule has 0 saturated carbocycles. The predicted molar refractivity (Wildman–Crippen MR) is 72.6 cm³/mol. The van der Waals surface area contributed by atoms with Gasteiger partial charge in [0, 0.05) is 13.6 Å². The molecule has 1 aromatic heterocycles. The largest absolute Gasteiger partial charge is 0.396 e. The first-order valence-corrected chi connectivity index (χ1v) is 6.72. The molecule has 0 aliphatic heterocycles. The van der Waals surface area contributed by atoms with Crippen molar-refractivity contribution < 1.29 is 4.79 Å². The summed E-state index contributed by atoms with van der Waals surface area (Å²) in [4.78, 5) is 13.2. The van der Waals surface area contributed by atoms with Gasteiger partial charge in [-0.3, -0.25) is 4.79 Å². The number of nitrogen functional groups attached to an aromatic ring is 1. The molecule has 0 fully saturated rings. The third-order valence-electron chi connectivity index (χ3n) is 1.94. The highest BCUT2D eigenvalue weighted by Gasteiger charge is 2.19. The number of carbonyl (C=O) groups excluding carboxylic acids is 1. The third-order valence-corrected chi connectivity index (χ3v) is 4.13. The highest BCUT2D eigenvalue weighted by Crippen LogP contribution is 2.41. The van der Waals surface area contributed by atoms with E-state index in [4.69, 9.17) is 5.73 Å². The van der Waals surface area contributed by atoms with Crippen LogP contribution in [0.15, 0.2) is 17.6 Å². The zero-order chi connectivity index (χ0) is 12.1. The Morgan fingerprint density at radius 1 is 1.69 bits per heavy atom. The highest BCUT2D eigenvalue weighted by molar-refractivity contribution is 7.99. The Hall–Kier alpha value is -1.14. The molecule has 0 bridgehead atoms.